The van der Waals surface area contributed by atoms with E-state index in [1.54, 1.807) is 6.92 Å². The van der Waals surface area contributed by atoms with Crippen LogP contribution < -0.4 is 0 Å². The van der Waals surface area contributed by atoms with Gasteiger partial charge in [-0.3, -0.25) is 9.59 Å². The number of ether oxygens (including phenoxy) is 1. The average Bonchev–Trinajstić information content (AvgIpc) is 3.00. The number of Topliss-reactive ketones (excluding diaryl/α,β-unsaturated/α-hetero) is 1. The predicted octanol–water partition coefficient (Wildman–Crippen LogP) is 3.12. The van der Waals surface area contributed by atoms with Crippen molar-refractivity contribution in [2.24, 2.45) is 5.92 Å². The first-order valence-electron chi connectivity index (χ1n) is 9.08. The molecule has 3 rings (SSSR count). The summed E-state index contributed by atoms with van der Waals surface area (Å²) in [6, 6.07) is 8.05. The first kappa shape index (κ1) is 17.7. The highest BCUT2D eigenvalue weighted by Gasteiger charge is 2.25. The Morgan fingerprint density at radius 1 is 1.16 bits per heavy atom. The Balaban J connectivity index is 1.61. The first-order chi connectivity index (χ1) is 12.1. The number of fused-ring (bicyclic) bond motifs is 1. The summed E-state index contributed by atoms with van der Waals surface area (Å²) in [5.74, 6) is 0.0998. The number of nitrogens with zero attached hydrogens (tertiary/aromatic N) is 2. The van der Waals surface area contributed by atoms with E-state index in [4.69, 9.17) is 4.74 Å². The molecule has 2 heterocycles. The fourth-order valence-electron chi connectivity index (χ4n) is 3.61. The number of aromatic nitrogens is 1. The topological polar surface area (TPSA) is 51.5 Å². The Morgan fingerprint density at radius 3 is 2.56 bits per heavy atom. The van der Waals surface area contributed by atoms with Gasteiger partial charge in [0.05, 0.1) is 12.5 Å². The molecule has 0 spiro atoms. The highest BCUT2D eigenvalue weighted by atomic mass is 16.5. The van der Waals surface area contributed by atoms with Crippen LogP contribution in [0.2, 0.25) is 0 Å². The second-order valence-corrected chi connectivity index (χ2v) is 6.68. The van der Waals surface area contributed by atoms with E-state index in [1.807, 2.05) is 31.3 Å². The van der Waals surface area contributed by atoms with Crippen molar-refractivity contribution in [3.63, 3.8) is 0 Å². The summed E-state index contributed by atoms with van der Waals surface area (Å²) in [6.07, 6.45) is 3.70. The lowest BCUT2D eigenvalue weighted by molar-refractivity contribution is -0.149. The van der Waals surface area contributed by atoms with Gasteiger partial charge in [-0.25, -0.2) is 0 Å². The third-order valence-electron chi connectivity index (χ3n) is 5.03. The van der Waals surface area contributed by atoms with Crippen LogP contribution in [0.3, 0.4) is 0 Å². The molecular weight excluding hydrogens is 316 g/mol. The van der Waals surface area contributed by atoms with Gasteiger partial charge in [0, 0.05) is 35.8 Å². The van der Waals surface area contributed by atoms with Gasteiger partial charge in [-0.2, -0.15) is 0 Å². The molecule has 0 unspecified atom stereocenters. The van der Waals surface area contributed by atoms with Gasteiger partial charge < -0.3 is 14.2 Å². The molecule has 1 aliphatic heterocycles. The third kappa shape index (κ3) is 3.93. The van der Waals surface area contributed by atoms with Crippen LogP contribution in [0, 0.1) is 5.92 Å². The molecule has 5 heteroatoms. The lowest BCUT2D eigenvalue weighted by atomic mass is 9.97. The molecule has 2 aromatic rings. The number of benzene rings is 1. The smallest absolute Gasteiger partial charge is 0.309 e. The first-order valence-corrected chi connectivity index (χ1v) is 9.08. The third-order valence-corrected chi connectivity index (χ3v) is 5.03. The molecule has 0 atom stereocenters. The summed E-state index contributed by atoms with van der Waals surface area (Å²) in [7, 11) is 0. The lowest BCUT2D eigenvalue weighted by Gasteiger charge is -2.30. The molecule has 0 amide bonds. The van der Waals surface area contributed by atoms with Gasteiger partial charge in [0.2, 0.25) is 0 Å². The van der Waals surface area contributed by atoms with Gasteiger partial charge in [-0.15, -0.1) is 0 Å². The molecule has 1 fully saturated rings. The van der Waals surface area contributed by atoms with Crippen molar-refractivity contribution in [1.82, 2.24) is 9.47 Å². The van der Waals surface area contributed by atoms with Crippen molar-refractivity contribution < 1.29 is 14.3 Å². The summed E-state index contributed by atoms with van der Waals surface area (Å²) >= 11 is 0. The number of esters is 1. The predicted molar refractivity (Wildman–Crippen MR) is 97.7 cm³/mol. The molecule has 0 N–H and O–H groups in total. The highest BCUT2D eigenvalue weighted by molar-refractivity contribution is 6.06. The minimum atomic E-state index is -0.0512. The number of carbonyl (C=O) groups excluding carboxylic acids is 2. The monoisotopic (exact) mass is 342 g/mol. The number of para-hydroxylation sites is 1. The molecule has 25 heavy (non-hydrogen) atoms. The Kier molecular flexibility index (Phi) is 5.53. The standard InChI is InChI=1S/C20H26N2O3/c1-3-25-20(24)16-8-10-21(11-9-16)12-13-22-14-18(15(2)23)17-6-4-5-7-19(17)22/h4-7,14,16H,3,8-13H2,1-2H3. The minimum Gasteiger partial charge on any atom is -0.466 e. The zero-order valence-corrected chi connectivity index (χ0v) is 15.0. The normalized spacial score (nSPS) is 16.2. The fraction of sp³-hybridized carbons (Fsp3) is 0.500. The van der Waals surface area contributed by atoms with Crippen LogP contribution in [-0.2, 0) is 16.1 Å². The zero-order chi connectivity index (χ0) is 17.8. The van der Waals surface area contributed by atoms with Gasteiger partial charge in [0.25, 0.3) is 0 Å². The van der Waals surface area contributed by atoms with Crippen LogP contribution >= 0.6 is 0 Å². The van der Waals surface area contributed by atoms with E-state index in [9.17, 15) is 9.59 Å². The second kappa shape index (κ2) is 7.83. The molecule has 1 aromatic carbocycles. The van der Waals surface area contributed by atoms with Crippen LogP contribution in [0.1, 0.15) is 37.0 Å². The molecule has 134 valence electrons. The maximum atomic E-state index is 11.9. The van der Waals surface area contributed by atoms with Crippen molar-refractivity contribution in [2.75, 3.05) is 26.2 Å². The SMILES string of the molecule is CCOC(=O)C1CCN(CCn2cc(C(C)=O)c3ccccc32)CC1. The molecule has 0 radical (unpaired) electrons. The molecule has 0 bridgehead atoms. The molecule has 1 aliphatic rings. The Morgan fingerprint density at radius 2 is 1.88 bits per heavy atom. The van der Waals surface area contributed by atoms with E-state index in [1.165, 1.54) is 0 Å². The van der Waals surface area contributed by atoms with Crippen molar-refractivity contribution in [3.8, 4) is 0 Å². The van der Waals surface area contributed by atoms with Crippen LogP contribution in [0.5, 0.6) is 0 Å². The zero-order valence-electron chi connectivity index (χ0n) is 15.0. The minimum absolute atomic E-state index is 0.0490. The Hall–Kier alpha value is -2.14. The largest absolute Gasteiger partial charge is 0.466 e. The van der Waals surface area contributed by atoms with Crippen molar-refractivity contribution >= 4 is 22.7 Å². The van der Waals surface area contributed by atoms with Crippen LogP contribution in [-0.4, -0.2) is 47.5 Å². The van der Waals surface area contributed by atoms with Gasteiger partial charge in [0.1, 0.15) is 0 Å². The summed E-state index contributed by atoms with van der Waals surface area (Å²) in [5.41, 5.74) is 1.89. The van der Waals surface area contributed by atoms with Crippen molar-refractivity contribution in [2.45, 2.75) is 33.2 Å². The summed E-state index contributed by atoms with van der Waals surface area (Å²) in [6.45, 7) is 7.53. The van der Waals surface area contributed by atoms with E-state index < -0.39 is 0 Å². The number of ketones is 1. The van der Waals surface area contributed by atoms with E-state index in [-0.39, 0.29) is 17.7 Å². The molecule has 0 aliphatic carbocycles. The quantitative estimate of drug-likeness (QED) is 0.598. The molecule has 1 saturated heterocycles. The Bertz CT molecular complexity index is 757. The molecule has 1 aromatic heterocycles. The van der Waals surface area contributed by atoms with Gasteiger partial charge in [-0.05, 0) is 45.8 Å². The van der Waals surface area contributed by atoms with E-state index in [0.29, 0.717) is 6.61 Å². The maximum absolute atomic E-state index is 11.9. The summed E-state index contributed by atoms with van der Waals surface area (Å²) in [5, 5.41) is 1.02. The average molecular weight is 342 g/mol. The summed E-state index contributed by atoms with van der Waals surface area (Å²) in [4.78, 5) is 26.1. The molecule has 5 nitrogen and oxygen atoms in total. The van der Waals surface area contributed by atoms with E-state index in [2.05, 4.69) is 15.5 Å². The number of rotatable bonds is 6. The maximum Gasteiger partial charge on any atom is 0.309 e. The van der Waals surface area contributed by atoms with Crippen LogP contribution in [0.25, 0.3) is 10.9 Å². The number of carbonyl (C=O) groups is 2. The van der Waals surface area contributed by atoms with Crippen molar-refractivity contribution in [3.05, 3.63) is 36.0 Å². The van der Waals surface area contributed by atoms with Crippen LogP contribution in [0.15, 0.2) is 30.5 Å². The van der Waals surface area contributed by atoms with Crippen molar-refractivity contribution in [1.29, 1.82) is 0 Å². The van der Waals surface area contributed by atoms with Crippen LogP contribution in [0.4, 0.5) is 0 Å². The molecule has 0 saturated carbocycles. The lowest BCUT2D eigenvalue weighted by Crippen LogP contribution is -2.38. The van der Waals surface area contributed by atoms with Gasteiger partial charge >= 0.3 is 5.97 Å². The van der Waals surface area contributed by atoms with E-state index >= 15 is 0 Å². The number of likely N-dealkylation sites (tertiary alicyclic amines) is 1. The number of hydrogen-bond acceptors (Lipinski definition) is 4. The summed E-state index contributed by atoms with van der Waals surface area (Å²) < 4.78 is 7.30. The number of hydrogen-bond donors (Lipinski definition) is 0. The number of piperidine rings is 1. The molecular formula is C20H26N2O3. The van der Waals surface area contributed by atoms with E-state index in [0.717, 1.165) is 55.5 Å². The fourth-order valence-corrected chi connectivity index (χ4v) is 3.61. The highest BCUT2D eigenvalue weighted by Crippen LogP contribution is 2.23. The van der Waals surface area contributed by atoms with Gasteiger partial charge in [0.15, 0.2) is 5.78 Å². The Labute approximate surface area is 148 Å². The second-order valence-electron chi connectivity index (χ2n) is 6.68. The van der Waals surface area contributed by atoms with Gasteiger partial charge in [-0.1, -0.05) is 18.2 Å².